The number of anilines is 1. The first kappa shape index (κ1) is 13.8. The molecule has 1 aromatic heterocycles. The van der Waals surface area contributed by atoms with Gasteiger partial charge >= 0.3 is 0 Å². The smallest absolute Gasteiger partial charge is 0.266 e. The van der Waals surface area contributed by atoms with Gasteiger partial charge in [-0.1, -0.05) is 23.7 Å². The summed E-state index contributed by atoms with van der Waals surface area (Å²) in [5.74, 6) is 0.233. The number of hydrogen-bond donors (Lipinski definition) is 1. The number of thiazole rings is 1. The van der Waals surface area contributed by atoms with E-state index in [1.54, 1.807) is 37.4 Å². The van der Waals surface area contributed by atoms with Gasteiger partial charge in [0.15, 0.2) is 11.2 Å². The van der Waals surface area contributed by atoms with E-state index in [0.717, 1.165) is 4.88 Å². The number of benzene rings is 1. The molecule has 100 valence electrons. The zero-order chi connectivity index (χ0) is 13.8. The van der Waals surface area contributed by atoms with Crippen LogP contribution in [0.25, 0.3) is 0 Å². The van der Waals surface area contributed by atoms with Crippen molar-refractivity contribution >= 4 is 34.0 Å². The molecular formula is C13H13ClN2O2S. The first-order valence-corrected chi connectivity index (χ1v) is 6.90. The molecule has 0 aliphatic heterocycles. The molecule has 0 saturated carbocycles. The van der Waals surface area contributed by atoms with Gasteiger partial charge in [-0.15, -0.1) is 11.3 Å². The van der Waals surface area contributed by atoms with Crippen LogP contribution in [0.1, 0.15) is 11.8 Å². The minimum atomic E-state index is -0.649. The van der Waals surface area contributed by atoms with Crippen molar-refractivity contribution in [1.82, 2.24) is 4.98 Å². The number of ether oxygens (including phenoxy) is 1. The van der Waals surface area contributed by atoms with Crippen LogP contribution in [-0.4, -0.2) is 17.0 Å². The van der Waals surface area contributed by atoms with E-state index in [2.05, 4.69) is 10.3 Å². The highest BCUT2D eigenvalue weighted by atomic mass is 35.5. The first-order valence-electron chi connectivity index (χ1n) is 5.71. The van der Waals surface area contributed by atoms with E-state index in [9.17, 15) is 4.79 Å². The van der Waals surface area contributed by atoms with Crippen molar-refractivity contribution in [2.75, 3.05) is 5.32 Å². The van der Waals surface area contributed by atoms with Crippen LogP contribution in [0.15, 0.2) is 30.5 Å². The molecule has 0 saturated heterocycles. The number of aromatic nitrogens is 1. The van der Waals surface area contributed by atoms with E-state index in [-0.39, 0.29) is 5.91 Å². The second-order valence-corrected chi connectivity index (χ2v) is 5.60. The third kappa shape index (κ3) is 3.68. The molecule has 0 bridgehead atoms. The monoisotopic (exact) mass is 296 g/mol. The summed E-state index contributed by atoms with van der Waals surface area (Å²) in [6.07, 6.45) is 1.06. The van der Waals surface area contributed by atoms with Crippen molar-refractivity contribution in [2.45, 2.75) is 20.0 Å². The van der Waals surface area contributed by atoms with Crippen molar-refractivity contribution in [3.8, 4) is 5.75 Å². The molecule has 1 atom stereocenters. The number of rotatable bonds is 4. The summed E-state index contributed by atoms with van der Waals surface area (Å²) < 4.78 is 5.52. The average molecular weight is 297 g/mol. The average Bonchev–Trinajstić information content (AvgIpc) is 2.77. The third-order valence-electron chi connectivity index (χ3n) is 2.36. The second-order valence-electron chi connectivity index (χ2n) is 3.96. The largest absolute Gasteiger partial charge is 0.479 e. The number of para-hydroxylation sites is 1. The molecule has 2 aromatic rings. The molecule has 2 rings (SSSR count). The zero-order valence-electron chi connectivity index (χ0n) is 10.5. The van der Waals surface area contributed by atoms with Gasteiger partial charge in [-0.25, -0.2) is 4.98 Å². The minimum absolute atomic E-state index is 0.255. The highest BCUT2D eigenvalue weighted by Crippen LogP contribution is 2.24. The SMILES string of the molecule is Cc1cnc(NC(=O)[C@@H](C)Oc2ccccc2Cl)s1. The summed E-state index contributed by atoms with van der Waals surface area (Å²) in [5, 5.41) is 3.75. The fourth-order valence-electron chi connectivity index (χ4n) is 1.40. The molecule has 4 nitrogen and oxygen atoms in total. The molecule has 1 aromatic carbocycles. The second kappa shape index (κ2) is 6.04. The van der Waals surface area contributed by atoms with Crippen molar-refractivity contribution in [3.63, 3.8) is 0 Å². The first-order chi connectivity index (χ1) is 9.06. The summed E-state index contributed by atoms with van der Waals surface area (Å²) in [6.45, 7) is 3.59. The molecule has 0 unspecified atom stereocenters. The minimum Gasteiger partial charge on any atom is -0.479 e. The molecule has 6 heteroatoms. The number of carbonyl (C=O) groups excluding carboxylic acids is 1. The van der Waals surface area contributed by atoms with Crippen LogP contribution in [-0.2, 0) is 4.79 Å². The van der Waals surface area contributed by atoms with Crippen LogP contribution in [0.5, 0.6) is 5.75 Å². The molecule has 0 spiro atoms. The van der Waals surface area contributed by atoms with Gasteiger partial charge in [0.1, 0.15) is 5.75 Å². The van der Waals surface area contributed by atoms with Gasteiger partial charge in [-0.05, 0) is 26.0 Å². The molecule has 1 N–H and O–H groups in total. The fourth-order valence-corrected chi connectivity index (χ4v) is 2.25. The maximum absolute atomic E-state index is 11.9. The lowest BCUT2D eigenvalue weighted by atomic mass is 10.3. The third-order valence-corrected chi connectivity index (χ3v) is 3.50. The van der Waals surface area contributed by atoms with Gasteiger partial charge in [-0.3, -0.25) is 10.1 Å². The van der Waals surface area contributed by atoms with E-state index >= 15 is 0 Å². The Morgan fingerprint density at radius 3 is 2.84 bits per heavy atom. The van der Waals surface area contributed by atoms with E-state index in [1.807, 2.05) is 6.92 Å². The van der Waals surface area contributed by atoms with Crippen LogP contribution in [0.4, 0.5) is 5.13 Å². The maximum atomic E-state index is 11.9. The highest BCUT2D eigenvalue weighted by molar-refractivity contribution is 7.15. The van der Waals surface area contributed by atoms with Crippen molar-refractivity contribution in [1.29, 1.82) is 0 Å². The maximum Gasteiger partial charge on any atom is 0.266 e. The zero-order valence-corrected chi connectivity index (χ0v) is 12.1. The Balaban J connectivity index is 1.98. The number of halogens is 1. The molecule has 1 heterocycles. The summed E-state index contributed by atoms with van der Waals surface area (Å²) >= 11 is 7.39. The van der Waals surface area contributed by atoms with Crippen LogP contribution in [0, 0.1) is 6.92 Å². The van der Waals surface area contributed by atoms with Gasteiger partial charge in [0.2, 0.25) is 0 Å². The molecule has 1 amide bonds. The summed E-state index contributed by atoms with van der Waals surface area (Å²) in [7, 11) is 0. The number of hydrogen-bond acceptors (Lipinski definition) is 4. The molecule has 0 radical (unpaired) electrons. The molecule has 19 heavy (non-hydrogen) atoms. The lowest BCUT2D eigenvalue weighted by Gasteiger charge is -2.14. The number of aryl methyl sites for hydroxylation is 1. The quantitative estimate of drug-likeness (QED) is 0.939. The Kier molecular flexibility index (Phi) is 4.39. The molecular weight excluding hydrogens is 284 g/mol. The Morgan fingerprint density at radius 1 is 1.47 bits per heavy atom. The Morgan fingerprint density at radius 2 is 2.21 bits per heavy atom. The van der Waals surface area contributed by atoms with Crippen LogP contribution >= 0.6 is 22.9 Å². The van der Waals surface area contributed by atoms with Crippen LogP contribution < -0.4 is 10.1 Å². The van der Waals surface area contributed by atoms with Gasteiger partial charge in [0.05, 0.1) is 5.02 Å². The van der Waals surface area contributed by atoms with Gasteiger partial charge in [-0.2, -0.15) is 0 Å². The fraction of sp³-hybridized carbons (Fsp3) is 0.231. The van der Waals surface area contributed by atoms with E-state index in [1.165, 1.54) is 11.3 Å². The van der Waals surface area contributed by atoms with E-state index < -0.39 is 6.10 Å². The van der Waals surface area contributed by atoms with Crippen LogP contribution in [0.2, 0.25) is 5.02 Å². The highest BCUT2D eigenvalue weighted by Gasteiger charge is 2.17. The van der Waals surface area contributed by atoms with Crippen molar-refractivity contribution in [2.24, 2.45) is 0 Å². The lowest BCUT2D eigenvalue weighted by Crippen LogP contribution is -2.30. The van der Waals surface area contributed by atoms with Gasteiger partial charge in [0, 0.05) is 11.1 Å². The number of carbonyl (C=O) groups is 1. The normalized spacial score (nSPS) is 11.9. The Bertz CT molecular complexity index is 586. The summed E-state index contributed by atoms with van der Waals surface area (Å²) in [5.41, 5.74) is 0. The molecule has 0 aliphatic carbocycles. The van der Waals surface area contributed by atoms with Gasteiger partial charge in [0.25, 0.3) is 5.91 Å². The van der Waals surface area contributed by atoms with Crippen molar-refractivity contribution < 1.29 is 9.53 Å². The number of nitrogens with one attached hydrogen (secondary N) is 1. The summed E-state index contributed by atoms with van der Waals surface area (Å²) in [4.78, 5) is 17.0. The Hall–Kier alpha value is -1.59. The van der Waals surface area contributed by atoms with Crippen molar-refractivity contribution in [3.05, 3.63) is 40.4 Å². The molecule has 0 aliphatic rings. The van der Waals surface area contributed by atoms with Gasteiger partial charge < -0.3 is 4.74 Å². The number of amides is 1. The predicted octanol–water partition coefficient (Wildman–Crippen LogP) is 3.51. The topological polar surface area (TPSA) is 51.2 Å². The van der Waals surface area contributed by atoms with E-state index in [0.29, 0.717) is 15.9 Å². The molecule has 0 fully saturated rings. The predicted molar refractivity (Wildman–Crippen MR) is 77.0 cm³/mol. The lowest BCUT2D eigenvalue weighted by molar-refractivity contribution is -0.122. The van der Waals surface area contributed by atoms with E-state index in [4.69, 9.17) is 16.3 Å². The summed E-state index contributed by atoms with van der Waals surface area (Å²) in [6, 6.07) is 7.04. The number of nitrogens with zero attached hydrogens (tertiary/aromatic N) is 1. The Labute approximate surface area is 120 Å². The van der Waals surface area contributed by atoms with Crippen LogP contribution in [0.3, 0.4) is 0 Å². The standard InChI is InChI=1S/C13H13ClN2O2S/c1-8-7-15-13(19-8)16-12(17)9(2)18-11-6-4-3-5-10(11)14/h3-7,9H,1-2H3,(H,15,16,17)/t9-/m1/s1.